The average Bonchev–Trinajstić information content (AvgIpc) is 2.62. The molecule has 1 amide bonds. The Morgan fingerprint density at radius 1 is 1.04 bits per heavy atom. The second-order valence-electron chi connectivity index (χ2n) is 7.61. The molecule has 2 aliphatic heterocycles. The van der Waals surface area contributed by atoms with Gasteiger partial charge in [0.1, 0.15) is 5.82 Å². The molecule has 0 bridgehead atoms. The van der Waals surface area contributed by atoms with E-state index in [9.17, 15) is 4.79 Å². The topological polar surface area (TPSA) is 65.5 Å². The van der Waals surface area contributed by atoms with Crippen molar-refractivity contribution in [2.24, 2.45) is 0 Å². The van der Waals surface area contributed by atoms with Crippen LogP contribution in [0.5, 0.6) is 0 Å². The normalized spacial score (nSPS) is 19.6. The van der Waals surface area contributed by atoms with Gasteiger partial charge in [-0.2, -0.15) is 15.0 Å². The average molecular weight is 346 g/mol. The molecule has 7 nitrogen and oxygen atoms in total. The fourth-order valence-electron chi connectivity index (χ4n) is 3.56. The standard InChI is InChI=1S/C18H30N6O/c1-13(2)16-19-17(22(3)4)21-18(20-16)23-11-8-14(9-12-23)24-10-6-5-7-15(24)25/h13-14H,5-12H2,1-4H3. The van der Waals surface area contributed by atoms with Gasteiger partial charge in [0.2, 0.25) is 17.8 Å². The molecule has 2 saturated heterocycles. The van der Waals surface area contributed by atoms with E-state index in [0.29, 0.717) is 17.9 Å². The summed E-state index contributed by atoms with van der Waals surface area (Å²) in [5, 5.41) is 0. The number of hydrogen-bond acceptors (Lipinski definition) is 6. The van der Waals surface area contributed by atoms with E-state index in [-0.39, 0.29) is 5.92 Å². The Hall–Kier alpha value is -1.92. The highest BCUT2D eigenvalue weighted by Crippen LogP contribution is 2.25. The molecule has 7 heteroatoms. The lowest BCUT2D eigenvalue weighted by molar-refractivity contribution is -0.136. The number of piperidine rings is 2. The van der Waals surface area contributed by atoms with Crippen molar-refractivity contribution < 1.29 is 4.79 Å². The summed E-state index contributed by atoms with van der Waals surface area (Å²) in [7, 11) is 3.91. The maximum Gasteiger partial charge on any atom is 0.230 e. The zero-order chi connectivity index (χ0) is 18.0. The fraction of sp³-hybridized carbons (Fsp3) is 0.778. The number of rotatable bonds is 4. The fourth-order valence-corrected chi connectivity index (χ4v) is 3.56. The van der Waals surface area contributed by atoms with Gasteiger partial charge in [-0.25, -0.2) is 0 Å². The number of carbonyl (C=O) groups is 1. The summed E-state index contributed by atoms with van der Waals surface area (Å²) in [5.74, 6) is 2.92. The Morgan fingerprint density at radius 2 is 1.76 bits per heavy atom. The highest BCUT2D eigenvalue weighted by Gasteiger charge is 2.30. The van der Waals surface area contributed by atoms with E-state index in [0.717, 1.165) is 63.5 Å². The van der Waals surface area contributed by atoms with Crippen LogP contribution in [0.2, 0.25) is 0 Å². The van der Waals surface area contributed by atoms with Crippen LogP contribution >= 0.6 is 0 Å². The molecule has 0 spiro atoms. The molecule has 0 unspecified atom stereocenters. The van der Waals surface area contributed by atoms with Crippen molar-refractivity contribution in [3.63, 3.8) is 0 Å². The summed E-state index contributed by atoms with van der Waals surface area (Å²) < 4.78 is 0. The van der Waals surface area contributed by atoms with Crippen molar-refractivity contribution in [1.29, 1.82) is 0 Å². The zero-order valence-electron chi connectivity index (χ0n) is 15.9. The third kappa shape index (κ3) is 4.02. The summed E-state index contributed by atoms with van der Waals surface area (Å²) >= 11 is 0. The Bertz CT molecular complexity index is 583. The summed E-state index contributed by atoms with van der Waals surface area (Å²) in [6, 6.07) is 0.378. The van der Waals surface area contributed by atoms with Crippen LogP contribution in [0.4, 0.5) is 11.9 Å². The largest absolute Gasteiger partial charge is 0.347 e. The lowest BCUT2D eigenvalue weighted by atomic mass is 10.00. The summed E-state index contributed by atoms with van der Waals surface area (Å²) in [4.78, 5) is 32.3. The van der Waals surface area contributed by atoms with Crippen molar-refractivity contribution in [3.8, 4) is 0 Å². The zero-order valence-corrected chi connectivity index (χ0v) is 15.9. The molecule has 2 fully saturated rings. The van der Waals surface area contributed by atoms with Crippen LogP contribution in [0.25, 0.3) is 0 Å². The van der Waals surface area contributed by atoms with Crippen molar-refractivity contribution in [2.45, 2.75) is 57.9 Å². The monoisotopic (exact) mass is 346 g/mol. The highest BCUT2D eigenvalue weighted by atomic mass is 16.2. The Morgan fingerprint density at radius 3 is 2.36 bits per heavy atom. The number of hydrogen-bond donors (Lipinski definition) is 0. The molecule has 3 heterocycles. The second-order valence-corrected chi connectivity index (χ2v) is 7.61. The third-order valence-electron chi connectivity index (χ3n) is 5.09. The lowest BCUT2D eigenvalue weighted by Crippen LogP contribution is -2.49. The number of amides is 1. The van der Waals surface area contributed by atoms with Gasteiger partial charge in [-0.3, -0.25) is 4.79 Å². The van der Waals surface area contributed by atoms with E-state index in [4.69, 9.17) is 0 Å². The number of aromatic nitrogens is 3. The first-order chi connectivity index (χ1) is 12.0. The molecular formula is C18H30N6O. The van der Waals surface area contributed by atoms with E-state index in [1.54, 1.807) is 0 Å². The number of likely N-dealkylation sites (tertiary alicyclic amines) is 1. The van der Waals surface area contributed by atoms with Crippen LogP contribution in [-0.4, -0.2) is 65.5 Å². The first kappa shape index (κ1) is 17.9. The molecule has 1 aromatic rings. The molecule has 0 aromatic carbocycles. The van der Waals surface area contributed by atoms with Crippen LogP contribution in [-0.2, 0) is 4.79 Å². The maximum atomic E-state index is 12.2. The first-order valence-electron chi connectivity index (χ1n) is 9.43. The smallest absolute Gasteiger partial charge is 0.230 e. The number of anilines is 2. The molecule has 138 valence electrons. The van der Waals surface area contributed by atoms with E-state index >= 15 is 0 Å². The number of nitrogens with zero attached hydrogens (tertiary/aromatic N) is 6. The predicted octanol–water partition coefficient (Wildman–Crippen LogP) is 2.04. The molecule has 0 radical (unpaired) electrons. The maximum absolute atomic E-state index is 12.2. The summed E-state index contributed by atoms with van der Waals surface area (Å²) in [6.45, 7) is 6.92. The van der Waals surface area contributed by atoms with E-state index < -0.39 is 0 Å². The van der Waals surface area contributed by atoms with Gasteiger partial charge in [0.15, 0.2) is 0 Å². The van der Waals surface area contributed by atoms with Gasteiger partial charge < -0.3 is 14.7 Å². The SMILES string of the molecule is CC(C)c1nc(N(C)C)nc(N2CCC(N3CCCCC3=O)CC2)n1. The molecule has 1 aromatic heterocycles. The Kier molecular flexibility index (Phi) is 5.39. The van der Waals surface area contributed by atoms with Crippen molar-refractivity contribution in [1.82, 2.24) is 19.9 Å². The van der Waals surface area contributed by atoms with Crippen LogP contribution in [0.1, 0.15) is 57.7 Å². The van der Waals surface area contributed by atoms with Crippen LogP contribution in [0, 0.1) is 0 Å². The van der Waals surface area contributed by atoms with Crippen LogP contribution < -0.4 is 9.80 Å². The predicted molar refractivity (Wildman–Crippen MR) is 99.0 cm³/mol. The summed E-state index contributed by atoms with van der Waals surface area (Å²) in [5.41, 5.74) is 0. The van der Waals surface area contributed by atoms with E-state index in [2.05, 4.69) is 38.6 Å². The minimum Gasteiger partial charge on any atom is -0.347 e. The second kappa shape index (κ2) is 7.54. The van der Waals surface area contributed by atoms with Crippen molar-refractivity contribution in [3.05, 3.63) is 5.82 Å². The van der Waals surface area contributed by atoms with Gasteiger partial charge in [0, 0.05) is 52.1 Å². The molecule has 25 heavy (non-hydrogen) atoms. The van der Waals surface area contributed by atoms with Crippen LogP contribution in [0.15, 0.2) is 0 Å². The summed E-state index contributed by atoms with van der Waals surface area (Å²) in [6.07, 6.45) is 4.89. The molecular weight excluding hydrogens is 316 g/mol. The third-order valence-corrected chi connectivity index (χ3v) is 5.09. The molecule has 2 aliphatic rings. The number of carbonyl (C=O) groups excluding carboxylic acids is 1. The molecule has 0 aliphatic carbocycles. The molecule has 0 N–H and O–H groups in total. The van der Waals surface area contributed by atoms with Gasteiger partial charge >= 0.3 is 0 Å². The quantitative estimate of drug-likeness (QED) is 0.831. The van der Waals surface area contributed by atoms with Gasteiger partial charge in [0.25, 0.3) is 0 Å². The van der Waals surface area contributed by atoms with Gasteiger partial charge in [-0.05, 0) is 25.7 Å². The van der Waals surface area contributed by atoms with Crippen molar-refractivity contribution in [2.75, 3.05) is 43.5 Å². The molecule has 3 rings (SSSR count). The van der Waals surface area contributed by atoms with Crippen LogP contribution in [0.3, 0.4) is 0 Å². The Labute approximate surface area is 150 Å². The first-order valence-corrected chi connectivity index (χ1v) is 9.43. The van der Waals surface area contributed by atoms with Gasteiger partial charge in [-0.1, -0.05) is 13.8 Å². The molecule has 0 atom stereocenters. The van der Waals surface area contributed by atoms with Gasteiger partial charge in [0.05, 0.1) is 0 Å². The van der Waals surface area contributed by atoms with E-state index in [1.165, 1.54) is 0 Å². The minimum absolute atomic E-state index is 0.268. The minimum atomic E-state index is 0.268. The van der Waals surface area contributed by atoms with Crippen molar-refractivity contribution >= 4 is 17.8 Å². The Balaban J connectivity index is 1.71. The lowest BCUT2D eigenvalue weighted by Gasteiger charge is -2.40. The van der Waals surface area contributed by atoms with Gasteiger partial charge in [-0.15, -0.1) is 0 Å². The van der Waals surface area contributed by atoms with E-state index in [1.807, 2.05) is 19.0 Å². The molecule has 0 saturated carbocycles. The highest BCUT2D eigenvalue weighted by molar-refractivity contribution is 5.77.